The normalized spacial score (nSPS) is 15.5. The van der Waals surface area contributed by atoms with Gasteiger partial charge in [0.05, 0.1) is 0 Å². The van der Waals surface area contributed by atoms with Gasteiger partial charge < -0.3 is 15.2 Å². The fraction of sp³-hybridized carbons (Fsp3) is 0.385. The Labute approximate surface area is 123 Å². The van der Waals surface area contributed by atoms with Crippen molar-refractivity contribution in [3.8, 4) is 5.75 Å². The van der Waals surface area contributed by atoms with Crippen molar-refractivity contribution in [2.45, 2.75) is 18.9 Å². The molecule has 2 rings (SSSR count). The molecule has 1 aromatic rings. The molecule has 108 valence electrons. The van der Waals surface area contributed by atoms with Gasteiger partial charge in [-0.3, -0.25) is 4.79 Å². The molecule has 1 aliphatic rings. The Bertz CT molecular complexity index is 533. The van der Waals surface area contributed by atoms with E-state index < -0.39 is 30.3 Å². The van der Waals surface area contributed by atoms with E-state index in [-0.39, 0.29) is 11.7 Å². The molecule has 1 aromatic carbocycles. The average molecular weight is 346 g/mol. The number of aliphatic carboxylic acids is 1. The third-order valence-corrected chi connectivity index (χ3v) is 3.42. The van der Waals surface area contributed by atoms with Crippen LogP contribution in [0.2, 0.25) is 0 Å². The highest BCUT2D eigenvalue weighted by atomic mass is 79.9. The molecule has 7 heteroatoms. The molecule has 0 saturated heterocycles. The molecule has 0 heterocycles. The molecule has 1 atom stereocenters. The summed E-state index contributed by atoms with van der Waals surface area (Å²) in [5, 5.41) is 11.4. The molecule has 0 aliphatic heterocycles. The van der Waals surface area contributed by atoms with Gasteiger partial charge in [0.1, 0.15) is 6.04 Å². The van der Waals surface area contributed by atoms with Gasteiger partial charge >= 0.3 is 5.97 Å². The summed E-state index contributed by atoms with van der Waals surface area (Å²) in [6.45, 7) is -0.422. The first-order valence-corrected chi connectivity index (χ1v) is 6.86. The summed E-state index contributed by atoms with van der Waals surface area (Å²) in [6, 6.07) is 3.31. The average Bonchev–Trinajstić information content (AvgIpc) is 3.18. The van der Waals surface area contributed by atoms with Gasteiger partial charge in [-0.25, -0.2) is 9.18 Å². The summed E-state index contributed by atoms with van der Waals surface area (Å²) in [6.07, 6.45) is 1.58. The lowest BCUT2D eigenvalue weighted by Gasteiger charge is -2.14. The zero-order valence-electron chi connectivity index (χ0n) is 10.4. The summed E-state index contributed by atoms with van der Waals surface area (Å²) in [4.78, 5) is 22.6. The van der Waals surface area contributed by atoms with Gasteiger partial charge in [-0.1, -0.05) is 15.9 Å². The first kappa shape index (κ1) is 14.8. The number of carbonyl (C=O) groups is 2. The van der Waals surface area contributed by atoms with Crippen molar-refractivity contribution < 1.29 is 23.8 Å². The van der Waals surface area contributed by atoms with Crippen molar-refractivity contribution in [2.24, 2.45) is 5.92 Å². The van der Waals surface area contributed by atoms with Gasteiger partial charge in [0.25, 0.3) is 5.91 Å². The maximum absolute atomic E-state index is 13.4. The molecule has 1 fully saturated rings. The van der Waals surface area contributed by atoms with E-state index in [0.29, 0.717) is 4.47 Å². The van der Waals surface area contributed by atoms with E-state index in [1.54, 1.807) is 6.07 Å². The smallest absolute Gasteiger partial charge is 0.326 e. The molecule has 20 heavy (non-hydrogen) atoms. The monoisotopic (exact) mass is 345 g/mol. The molecule has 0 bridgehead atoms. The minimum Gasteiger partial charge on any atom is -0.481 e. The summed E-state index contributed by atoms with van der Waals surface area (Å²) in [7, 11) is 0. The van der Waals surface area contributed by atoms with Crippen molar-refractivity contribution in [1.29, 1.82) is 0 Å². The van der Waals surface area contributed by atoms with Crippen LogP contribution in [0.1, 0.15) is 12.8 Å². The van der Waals surface area contributed by atoms with Crippen LogP contribution in [0.4, 0.5) is 4.39 Å². The quantitative estimate of drug-likeness (QED) is 0.826. The Balaban J connectivity index is 1.86. The summed E-state index contributed by atoms with van der Waals surface area (Å²) < 4.78 is 19.0. The van der Waals surface area contributed by atoms with Crippen LogP contribution >= 0.6 is 15.9 Å². The Morgan fingerprint density at radius 1 is 1.50 bits per heavy atom. The molecule has 0 spiro atoms. The summed E-state index contributed by atoms with van der Waals surface area (Å²) >= 11 is 3.11. The van der Waals surface area contributed by atoms with Gasteiger partial charge in [0.2, 0.25) is 0 Å². The molecule has 5 nitrogen and oxygen atoms in total. The van der Waals surface area contributed by atoms with Crippen molar-refractivity contribution in [1.82, 2.24) is 5.32 Å². The maximum Gasteiger partial charge on any atom is 0.326 e. The number of hydrogen-bond donors (Lipinski definition) is 2. The number of benzene rings is 1. The van der Waals surface area contributed by atoms with Gasteiger partial charge in [-0.2, -0.15) is 0 Å². The third-order valence-electron chi connectivity index (χ3n) is 2.93. The zero-order chi connectivity index (χ0) is 14.7. The van der Waals surface area contributed by atoms with Crippen LogP contribution in [0.15, 0.2) is 22.7 Å². The van der Waals surface area contributed by atoms with Crippen LogP contribution in [-0.4, -0.2) is 29.6 Å². The SMILES string of the molecule is O=C(COc1ccc(Br)cc1F)NC(C(=O)O)C1CC1. The summed E-state index contributed by atoms with van der Waals surface area (Å²) in [5.41, 5.74) is 0. The Kier molecular flexibility index (Phi) is 4.59. The first-order valence-electron chi connectivity index (χ1n) is 6.07. The van der Waals surface area contributed by atoms with Crippen molar-refractivity contribution in [2.75, 3.05) is 6.61 Å². The second kappa shape index (κ2) is 6.21. The standard InChI is InChI=1S/C13H13BrFNO4/c14-8-3-4-10(9(15)5-8)20-6-11(17)16-12(13(18)19)7-1-2-7/h3-5,7,12H,1-2,6H2,(H,16,17)(H,18,19). The van der Waals surface area contributed by atoms with Crippen LogP contribution in [0.3, 0.4) is 0 Å². The predicted octanol–water partition coefficient (Wildman–Crippen LogP) is 1.95. The van der Waals surface area contributed by atoms with Crippen LogP contribution < -0.4 is 10.1 Å². The van der Waals surface area contributed by atoms with Crippen LogP contribution in [-0.2, 0) is 9.59 Å². The minimum atomic E-state index is -1.06. The van der Waals surface area contributed by atoms with Gasteiger partial charge in [0.15, 0.2) is 18.2 Å². The van der Waals surface area contributed by atoms with Gasteiger partial charge in [-0.15, -0.1) is 0 Å². The second-order valence-electron chi connectivity index (χ2n) is 4.58. The maximum atomic E-state index is 13.4. The molecule has 0 radical (unpaired) electrons. The fourth-order valence-corrected chi connectivity index (χ4v) is 2.09. The lowest BCUT2D eigenvalue weighted by Crippen LogP contribution is -2.44. The van der Waals surface area contributed by atoms with Gasteiger partial charge in [0, 0.05) is 4.47 Å². The van der Waals surface area contributed by atoms with E-state index >= 15 is 0 Å². The molecule has 1 saturated carbocycles. The number of nitrogens with one attached hydrogen (secondary N) is 1. The number of hydrogen-bond acceptors (Lipinski definition) is 3. The Hall–Kier alpha value is -1.63. The van der Waals surface area contributed by atoms with Crippen molar-refractivity contribution >= 4 is 27.8 Å². The lowest BCUT2D eigenvalue weighted by molar-refractivity contribution is -0.142. The zero-order valence-corrected chi connectivity index (χ0v) is 12.0. The third kappa shape index (κ3) is 3.93. The molecule has 2 N–H and O–H groups in total. The first-order chi connectivity index (χ1) is 9.47. The number of carbonyl (C=O) groups excluding carboxylic acids is 1. The molecule has 1 amide bonds. The Morgan fingerprint density at radius 2 is 2.20 bits per heavy atom. The predicted molar refractivity (Wildman–Crippen MR) is 71.9 cm³/mol. The number of halogens is 2. The number of carboxylic acid groups (broad SMARTS) is 1. The van der Waals surface area contributed by atoms with Crippen LogP contribution in [0, 0.1) is 11.7 Å². The van der Waals surface area contributed by atoms with E-state index in [1.165, 1.54) is 12.1 Å². The van der Waals surface area contributed by atoms with E-state index in [4.69, 9.17) is 9.84 Å². The van der Waals surface area contributed by atoms with Crippen molar-refractivity contribution in [3.63, 3.8) is 0 Å². The van der Waals surface area contributed by atoms with E-state index in [1.807, 2.05) is 0 Å². The number of amides is 1. The molecule has 0 aromatic heterocycles. The highest BCUT2D eigenvalue weighted by molar-refractivity contribution is 9.10. The second-order valence-corrected chi connectivity index (χ2v) is 5.50. The fourth-order valence-electron chi connectivity index (χ4n) is 1.76. The molecular formula is C13H13BrFNO4. The van der Waals surface area contributed by atoms with Gasteiger partial charge in [-0.05, 0) is 37.0 Å². The number of rotatable bonds is 6. The molecule has 1 aliphatic carbocycles. The number of carboxylic acids is 1. The highest BCUT2D eigenvalue weighted by Crippen LogP contribution is 2.32. The molecule has 1 unspecified atom stereocenters. The van der Waals surface area contributed by atoms with Crippen LogP contribution in [0.5, 0.6) is 5.75 Å². The Morgan fingerprint density at radius 3 is 2.75 bits per heavy atom. The largest absolute Gasteiger partial charge is 0.481 e. The lowest BCUT2D eigenvalue weighted by atomic mass is 10.2. The minimum absolute atomic E-state index is 0.0131. The van der Waals surface area contributed by atoms with E-state index in [0.717, 1.165) is 12.8 Å². The van der Waals surface area contributed by atoms with E-state index in [9.17, 15) is 14.0 Å². The topological polar surface area (TPSA) is 75.6 Å². The number of ether oxygens (including phenoxy) is 1. The summed E-state index contributed by atoms with van der Waals surface area (Å²) in [5.74, 6) is -2.30. The van der Waals surface area contributed by atoms with E-state index in [2.05, 4.69) is 21.2 Å². The van der Waals surface area contributed by atoms with Crippen molar-refractivity contribution in [3.05, 3.63) is 28.5 Å². The highest BCUT2D eigenvalue weighted by Gasteiger charge is 2.37. The van der Waals surface area contributed by atoms with Crippen LogP contribution in [0.25, 0.3) is 0 Å². The molecular weight excluding hydrogens is 333 g/mol.